The summed E-state index contributed by atoms with van der Waals surface area (Å²) in [5.74, 6) is -0.557. The molecular formula is C14H12N4O4. The van der Waals surface area contributed by atoms with Gasteiger partial charge in [-0.15, -0.1) is 0 Å². The molecule has 0 aliphatic heterocycles. The maximum atomic E-state index is 10.8. The van der Waals surface area contributed by atoms with Gasteiger partial charge in [0.25, 0.3) is 6.01 Å². The molecule has 0 aromatic carbocycles. The van der Waals surface area contributed by atoms with Crippen molar-refractivity contribution in [1.29, 1.82) is 0 Å². The third kappa shape index (κ3) is 2.80. The normalized spacial score (nSPS) is 10.6. The van der Waals surface area contributed by atoms with E-state index in [1.165, 1.54) is 0 Å². The van der Waals surface area contributed by atoms with Crippen LogP contribution in [0.2, 0.25) is 0 Å². The highest BCUT2D eigenvalue weighted by atomic mass is 16.5. The predicted molar refractivity (Wildman–Crippen MR) is 75.3 cm³/mol. The second kappa shape index (κ2) is 5.68. The molecule has 0 spiro atoms. The summed E-state index contributed by atoms with van der Waals surface area (Å²) in [5, 5.41) is 12.8. The summed E-state index contributed by atoms with van der Waals surface area (Å²) in [4.78, 5) is 20.4. The summed E-state index contributed by atoms with van der Waals surface area (Å²) in [5.41, 5.74) is 1.20. The van der Waals surface area contributed by atoms with E-state index in [-0.39, 0.29) is 11.7 Å². The summed E-state index contributed by atoms with van der Waals surface area (Å²) in [7, 11) is 1.71. The van der Waals surface area contributed by atoms with Gasteiger partial charge in [0, 0.05) is 19.3 Å². The molecule has 0 atom stereocenters. The summed E-state index contributed by atoms with van der Waals surface area (Å²) in [6, 6.07) is 7.47. The zero-order valence-corrected chi connectivity index (χ0v) is 11.6. The van der Waals surface area contributed by atoms with Gasteiger partial charge in [0.05, 0.1) is 12.2 Å². The topological polar surface area (TPSA) is 105 Å². The first-order valence-corrected chi connectivity index (χ1v) is 6.40. The Morgan fingerprint density at radius 3 is 2.91 bits per heavy atom. The number of oxazole rings is 1. The Morgan fingerprint density at radius 1 is 1.36 bits per heavy atom. The first-order valence-electron chi connectivity index (χ1n) is 6.40. The summed E-state index contributed by atoms with van der Waals surface area (Å²) >= 11 is 0. The van der Waals surface area contributed by atoms with Gasteiger partial charge in [0.2, 0.25) is 0 Å². The van der Waals surface area contributed by atoms with E-state index >= 15 is 0 Å². The van der Waals surface area contributed by atoms with Gasteiger partial charge in [0.15, 0.2) is 11.5 Å². The zero-order chi connectivity index (χ0) is 15.5. The number of aromatic carboxylic acids is 1. The van der Waals surface area contributed by atoms with E-state index in [2.05, 4.69) is 15.1 Å². The lowest BCUT2D eigenvalue weighted by Crippen LogP contribution is -2.16. The molecule has 0 amide bonds. The second-order valence-corrected chi connectivity index (χ2v) is 4.57. The highest BCUT2D eigenvalue weighted by molar-refractivity contribution is 5.85. The molecule has 0 radical (unpaired) electrons. The van der Waals surface area contributed by atoms with Crippen LogP contribution in [0.3, 0.4) is 0 Å². The Morgan fingerprint density at radius 2 is 2.23 bits per heavy atom. The van der Waals surface area contributed by atoms with Crippen LogP contribution in [0, 0.1) is 0 Å². The molecule has 22 heavy (non-hydrogen) atoms. The van der Waals surface area contributed by atoms with Gasteiger partial charge in [-0.25, -0.2) is 4.79 Å². The predicted octanol–water partition coefficient (Wildman–Crippen LogP) is 2.06. The van der Waals surface area contributed by atoms with E-state index in [1.807, 2.05) is 18.2 Å². The Bertz CT molecular complexity index is 781. The van der Waals surface area contributed by atoms with Crippen molar-refractivity contribution >= 4 is 12.0 Å². The van der Waals surface area contributed by atoms with Crippen molar-refractivity contribution in [2.45, 2.75) is 6.54 Å². The van der Waals surface area contributed by atoms with Crippen molar-refractivity contribution in [3.63, 3.8) is 0 Å². The highest BCUT2D eigenvalue weighted by Gasteiger charge is 2.16. The van der Waals surface area contributed by atoms with Crippen molar-refractivity contribution in [1.82, 2.24) is 15.1 Å². The van der Waals surface area contributed by atoms with Gasteiger partial charge in [0.1, 0.15) is 12.0 Å². The Hall–Kier alpha value is -3.16. The molecule has 0 unspecified atom stereocenters. The standard InChI is InChI=1S/C14H12N4O4/c1-18(14-16-12(8-21-14)13(19)20)7-9-6-11(17-22-9)10-4-2-3-5-15-10/h2-6,8H,7H2,1H3,(H,19,20). The highest BCUT2D eigenvalue weighted by Crippen LogP contribution is 2.19. The molecular weight excluding hydrogens is 288 g/mol. The fourth-order valence-electron chi connectivity index (χ4n) is 1.86. The van der Waals surface area contributed by atoms with E-state index in [0.29, 0.717) is 23.7 Å². The van der Waals surface area contributed by atoms with Crippen LogP contribution in [0.5, 0.6) is 0 Å². The molecule has 3 aromatic heterocycles. The summed E-state index contributed by atoms with van der Waals surface area (Å²) < 4.78 is 10.4. The molecule has 8 nitrogen and oxygen atoms in total. The smallest absolute Gasteiger partial charge is 0.357 e. The number of carbonyl (C=O) groups is 1. The Kier molecular flexibility index (Phi) is 3.57. The van der Waals surface area contributed by atoms with Crippen LogP contribution < -0.4 is 4.90 Å². The minimum Gasteiger partial charge on any atom is -0.476 e. The van der Waals surface area contributed by atoms with Crippen LogP contribution >= 0.6 is 0 Å². The molecule has 3 heterocycles. The summed E-state index contributed by atoms with van der Waals surface area (Å²) in [6.07, 6.45) is 2.77. The second-order valence-electron chi connectivity index (χ2n) is 4.57. The Balaban J connectivity index is 1.73. The van der Waals surface area contributed by atoms with Crippen LogP contribution in [-0.4, -0.2) is 33.2 Å². The van der Waals surface area contributed by atoms with E-state index in [4.69, 9.17) is 14.0 Å². The largest absolute Gasteiger partial charge is 0.476 e. The lowest BCUT2D eigenvalue weighted by Gasteiger charge is -2.11. The van der Waals surface area contributed by atoms with E-state index < -0.39 is 5.97 Å². The molecule has 0 aliphatic rings. The lowest BCUT2D eigenvalue weighted by molar-refractivity contribution is 0.0690. The number of anilines is 1. The van der Waals surface area contributed by atoms with Crippen LogP contribution in [0.25, 0.3) is 11.4 Å². The van der Waals surface area contributed by atoms with E-state index in [0.717, 1.165) is 6.26 Å². The molecule has 112 valence electrons. The number of rotatable bonds is 5. The van der Waals surface area contributed by atoms with E-state index in [1.54, 1.807) is 24.2 Å². The number of nitrogens with zero attached hydrogens (tertiary/aromatic N) is 4. The first kappa shape index (κ1) is 13.8. The number of carboxylic acids is 1. The van der Waals surface area contributed by atoms with Crippen molar-refractivity contribution in [2.75, 3.05) is 11.9 Å². The fraction of sp³-hybridized carbons (Fsp3) is 0.143. The molecule has 3 rings (SSSR count). The molecule has 0 fully saturated rings. The molecule has 0 saturated heterocycles. The minimum atomic E-state index is -1.14. The summed E-state index contributed by atoms with van der Waals surface area (Å²) in [6.45, 7) is 0.333. The monoisotopic (exact) mass is 300 g/mol. The van der Waals surface area contributed by atoms with Gasteiger partial charge >= 0.3 is 5.97 Å². The lowest BCUT2D eigenvalue weighted by atomic mass is 10.2. The van der Waals surface area contributed by atoms with E-state index in [9.17, 15) is 4.79 Å². The fourth-order valence-corrected chi connectivity index (χ4v) is 1.86. The van der Waals surface area contributed by atoms with Gasteiger partial charge < -0.3 is 18.9 Å². The van der Waals surface area contributed by atoms with Crippen molar-refractivity contribution < 1.29 is 18.8 Å². The molecule has 3 aromatic rings. The number of aromatic nitrogens is 3. The van der Waals surface area contributed by atoms with Gasteiger partial charge in [-0.3, -0.25) is 4.98 Å². The molecule has 0 bridgehead atoms. The average Bonchev–Trinajstić information content (AvgIpc) is 3.17. The van der Waals surface area contributed by atoms with Crippen LogP contribution in [-0.2, 0) is 6.54 Å². The maximum Gasteiger partial charge on any atom is 0.357 e. The van der Waals surface area contributed by atoms with Crippen LogP contribution in [0.1, 0.15) is 16.2 Å². The Labute approximate surface area is 125 Å². The van der Waals surface area contributed by atoms with Crippen molar-refractivity contribution in [3.8, 4) is 11.4 Å². The number of carboxylic acid groups (broad SMARTS) is 1. The quantitative estimate of drug-likeness (QED) is 0.763. The SMILES string of the molecule is CN(Cc1cc(-c2ccccn2)no1)c1nc(C(=O)O)co1. The zero-order valence-electron chi connectivity index (χ0n) is 11.6. The van der Waals surface area contributed by atoms with Crippen LogP contribution in [0.15, 0.2) is 45.7 Å². The third-order valence-corrected chi connectivity index (χ3v) is 2.92. The minimum absolute atomic E-state index is 0.145. The molecule has 8 heteroatoms. The van der Waals surface area contributed by atoms with Crippen molar-refractivity contribution in [3.05, 3.63) is 48.2 Å². The van der Waals surface area contributed by atoms with Gasteiger partial charge in [-0.05, 0) is 12.1 Å². The third-order valence-electron chi connectivity index (χ3n) is 2.92. The molecule has 0 aliphatic carbocycles. The van der Waals surface area contributed by atoms with Gasteiger partial charge in [-0.1, -0.05) is 11.2 Å². The molecule has 1 N–H and O–H groups in total. The number of hydrogen-bond acceptors (Lipinski definition) is 7. The first-order chi connectivity index (χ1) is 10.6. The van der Waals surface area contributed by atoms with Gasteiger partial charge in [-0.2, -0.15) is 4.98 Å². The maximum absolute atomic E-state index is 10.8. The number of hydrogen-bond donors (Lipinski definition) is 1. The van der Waals surface area contributed by atoms with Crippen LogP contribution in [0.4, 0.5) is 6.01 Å². The number of pyridine rings is 1. The average molecular weight is 300 g/mol. The molecule has 0 saturated carbocycles. The van der Waals surface area contributed by atoms with Crippen molar-refractivity contribution in [2.24, 2.45) is 0 Å².